The SMILES string of the molecule is CN=C(NCCc1nc(C(F)(F)F)cs1)N1CCN(c2ccccc2OC)CC1.I. The number of nitrogens with one attached hydrogen (secondary N) is 1. The number of alkyl halides is 3. The molecule has 0 saturated carbocycles. The van der Waals surface area contributed by atoms with Crippen molar-refractivity contribution in [2.75, 3.05) is 51.8 Å². The molecule has 1 aromatic carbocycles. The first-order chi connectivity index (χ1) is 13.9. The highest BCUT2D eigenvalue weighted by Crippen LogP contribution is 2.30. The normalized spacial score (nSPS) is 15.0. The number of piperazine rings is 1. The van der Waals surface area contributed by atoms with E-state index in [1.807, 2.05) is 24.3 Å². The number of aliphatic imine (C=N–C) groups is 1. The first kappa shape index (κ1) is 24.5. The average molecular weight is 555 g/mol. The highest BCUT2D eigenvalue weighted by atomic mass is 127. The van der Waals surface area contributed by atoms with Gasteiger partial charge in [-0.05, 0) is 12.1 Å². The number of hydrogen-bond acceptors (Lipinski definition) is 5. The van der Waals surface area contributed by atoms with E-state index in [1.165, 1.54) is 0 Å². The van der Waals surface area contributed by atoms with Gasteiger partial charge in [0.05, 0.1) is 17.8 Å². The molecule has 1 aliphatic heterocycles. The lowest BCUT2D eigenvalue weighted by Gasteiger charge is -2.38. The smallest absolute Gasteiger partial charge is 0.434 e. The summed E-state index contributed by atoms with van der Waals surface area (Å²) >= 11 is 1.03. The predicted molar refractivity (Wildman–Crippen MR) is 124 cm³/mol. The van der Waals surface area contributed by atoms with E-state index in [2.05, 4.69) is 25.1 Å². The van der Waals surface area contributed by atoms with Crippen LogP contribution >= 0.6 is 35.3 Å². The van der Waals surface area contributed by atoms with Crippen molar-refractivity contribution in [3.05, 3.63) is 40.3 Å². The summed E-state index contributed by atoms with van der Waals surface area (Å²) in [7, 11) is 3.38. The molecule has 0 radical (unpaired) electrons. The molecule has 0 aliphatic carbocycles. The molecule has 0 spiro atoms. The van der Waals surface area contributed by atoms with Crippen LogP contribution in [0, 0.1) is 0 Å². The third kappa shape index (κ3) is 6.13. The number of benzene rings is 1. The van der Waals surface area contributed by atoms with Gasteiger partial charge in [-0.2, -0.15) is 13.2 Å². The number of nitrogens with zero attached hydrogens (tertiary/aromatic N) is 4. The summed E-state index contributed by atoms with van der Waals surface area (Å²) in [5.41, 5.74) is 0.246. The van der Waals surface area contributed by atoms with Crippen molar-refractivity contribution in [3.63, 3.8) is 0 Å². The molecule has 1 aliphatic rings. The van der Waals surface area contributed by atoms with Gasteiger partial charge in [-0.1, -0.05) is 12.1 Å². The first-order valence-corrected chi connectivity index (χ1v) is 10.2. The third-order valence-corrected chi connectivity index (χ3v) is 5.59. The molecule has 3 rings (SSSR count). The molecule has 6 nitrogen and oxygen atoms in total. The Morgan fingerprint density at radius 2 is 1.93 bits per heavy atom. The van der Waals surface area contributed by atoms with Gasteiger partial charge in [0.1, 0.15) is 5.75 Å². The van der Waals surface area contributed by atoms with Crippen LogP contribution in [0.5, 0.6) is 5.75 Å². The molecule has 0 amide bonds. The zero-order chi connectivity index (χ0) is 20.9. The predicted octanol–water partition coefficient (Wildman–Crippen LogP) is 3.73. The monoisotopic (exact) mass is 555 g/mol. The fourth-order valence-electron chi connectivity index (χ4n) is 3.22. The van der Waals surface area contributed by atoms with Crippen LogP contribution in [0.2, 0.25) is 0 Å². The number of thiazole rings is 1. The molecule has 0 unspecified atom stereocenters. The van der Waals surface area contributed by atoms with Crippen LogP contribution in [0.4, 0.5) is 18.9 Å². The van der Waals surface area contributed by atoms with Gasteiger partial charge < -0.3 is 19.9 Å². The molecule has 30 heavy (non-hydrogen) atoms. The number of anilines is 1. The molecular formula is C19H25F3IN5OS. The zero-order valence-electron chi connectivity index (χ0n) is 16.8. The van der Waals surface area contributed by atoms with E-state index >= 15 is 0 Å². The Morgan fingerprint density at radius 1 is 1.23 bits per heavy atom. The minimum atomic E-state index is -4.39. The Morgan fingerprint density at radius 3 is 2.53 bits per heavy atom. The molecule has 0 bridgehead atoms. The van der Waals surface area contributed by atoms with Gasteiger partial charge in [-0.3, -0.25) is 4.99 Å². The number of methoxy groups -OCH3 is 1. The molecular weight excluding hydrogens is 530 g/mol. The van der Waals surface area contributed by atoms with E-state index in [0.717, 1.165) is 60.3 Å². The van der Waals surface area contributed by atoms with E-state index in [0.29, 0.717) is 18.0 Å². The molecule has 2 aromatic rings. The third-order valence-electron chi connectivity index (χ3n) is 4.68. The maximum Gasteiger partial charge on any atom is 0.434 e. The number of guanidine groups is 1. The fourth-order valence-corrected chi connectivity index (χ4v) is 4.02. The van der Waals surface area contributed by atoms with Crippen molar-refractivity contribution in [1.29, 1.82) is 0 Å². The number of para-hydroxylation sites is 2. The quantitative estimate of drug-likeness (QED) is 0.347. The van der Waals surface area contributed by atoms with E-state index in [4.69, 9.17) is 4.74 Å². The second-order valence-corrected chi connectivity index (χ2v) is 7.44. The highest BCUT2D eigenvalue weighted by molar-refractivity contribution is 14.0. The van der Waals surface area contributed by atoms with Gasteiger partial charge in [0, 0.05) is 51.6 Å². The molecule has 1 fully saturated rings. The maximum absolute atomic E-state index is 12.6. The van der Waals surface area contributed by atoms with Gasteiger partial charge in [-0.25, -0.2) is 4.98 Å². The summed E-state index contributed by atoms with van der Waals surface area (Å²) in [5, 5.41) is 4.75. The van der Waals surface area contributed by atoms with Crippen molar-refractivity contribution < 1.29 is 17.9 Å². The first-order valence-electron chi connectivity index (χ1n) is 9.27. The van der Waals surface area contributed by atoms with Crippen LogP contribution < -0.4 is 15.0 Å². The van der Waals surface area contributed by atoms with Crippen molar-refractivity contribution in [2.24, 2.45) is 4.99 Å². The Labute approximate surface area is 195 Å². The van der Waals surface area contributed by atoms with Gasteiger partial charge in [-0.15, -0.1) is 35.3 Å². The summed E-state index contributed by atoms with van der Waals surface area (Å²) in [4.78, 5) is 12.4. The second-order valence-electron chi connectivity index (χ2n) is 6.49. The Balaban J connectivity index is 0.00000320. The molecule has 0 atom stereocenters. The van der Waals surface area contributed by atoms with Crippen molar-refractivity contribution in [2.45, 2.75) is 12.6 Å². The number of halogens is 4. The molecule has 166 valence electrons. The maximum atomic E-state index is 12.6. The number of hydrogen-bond donors (Lipinski definition) is 1. The fraction of sp³-hybridized carbons (Fsp3) is 0.474. The highest BCUT2D eigenvalue weighted by Gasteiger charge is 2.33. The van der Waals surface area contributed by atoms with Crippen molar-refractivity contribution in [1.82, 2.24) is 15.2 Å². The average Bonchev–Trinajstić information content (AvgIpc) is 3.21. The molecule has 1 N–H and O–H groups in total. The van der Waals surface area contributed by atoms with Gasteiger partial charge >= 0.3 is 6.18 Å². The van der Waals surface area contributed by atoms with Crippen molar-refractivity contribution >= 4 is 47.0 Å². The van der Waals surface area contributed by atoms with Crippen LogP contribution in [-0.4, -0.2) is 62.7 Å². The van der Waals surface area contributed by atoms with Gasteiger partial charge in [0.15, 0.2) is 11.7 Å². The summed E-state index contributed by atoms with van der Waals surface area (Å²) < 4.78 is 43.4. The molecule has 2 heterocycles. The topological polar surface area (TPSA) is 53.0 Å². The van der Waals surface area contributed by atoms with Crippen molar-refractivity contribution in [3.8, 4) is 5.75 Å². The minimum absolute atomic E-state index is 0. The lowest BCUT2D eigenvalue weighted by molar-refractivity contribution is -0.140. The molecule has 1 aromatic heterocycles. The largest absolute Gasteiger partial charge is 0.495 e. The minimum Gasteiger partial charge on any atom is -0.495 e. The lowest BCUT2D eigenvalue weighted by atomic mass is 10.2. The van der Waals surface area contributed by atoms with E-state index in [-0.39, 0.29) is 24.0 Å². The Bertz CT molecular complexity index is 838. The molecule has 1 saturated heterocycles. The van der Waals surface area contributed by atoms with Crippen LogP contribution in [0.1, 0.15) is 10.7 Å². The Hall–Kier alpha value is -1.76. The van der Waals surface area contributed by atoms with E-state index < -0.39 is 11.9 Å². The van der Waals surface area contributed by atoms with E-state index in [9.17, 15) is 13.2 Å². The van der Waals surface area contributed by atoms with Crippen LogP contribution in [-0.2, 0) is 12.6 Å². The standard InChI is InChI=1S/C19H24F3N5OS.HI/c1-23-18(24-8-7-17-25-16(13-29-17)19(20,21)22)27-11-9-26(10-12-27)14-5-3-4-6-15(14)28-2;/h3-6,13H,7-12H2,1-2H3,(H,23,24);1H. The van der Waals surface area contributed by atoms with Crippen LogP contribution in [0.3, 0.4) is 0 Å². The summed E-state index contributed by atoms with van der Waals surface area (Å²) in [6, 6.07) is 7.94. The van der Waals surface area contributed by atoms with Crippen LogP contribution in [0.25, 0.3) is 0 Å². The number of aromatic nitrogens is 1. The zero-order valence-corrected chi connectivity index (χ0v) is 19.9. The van der Waals surface area contributed by atoms with Gasteiger partial charge in [0.25, 0.3) is 0 Å². The number of rotatable bonds is 5. The second kappa shape index (κ2) is 11.0. The van der Waals surface area contributed by atoms with E-state index in [1.54, 1.807) is 14.2 Å². The summed E-state index contributed by atoms with van der Waals surface area (Å²) in [5.74, 6) is 1.60. The summed E-state index contributed by atoms with van der Waals surface area (Å²) in [6.45, 7) is 3.69. The molecule has 11 heteroatoms. The van der Waals surface area contributed by atoms with Gasteiger partial charge in [0.2, 0.25) is 0 Å². The Kier molecular flexibility index (Phi) is 9.01. The van der Waals surface area contributed by atoms with Crippen LogP contribution in [0.15, 0.2) is 34.6 Å². The number of ether oxygens (including phenoxy) is 1. The lowest BCUT2D eigenvalue weighted by Crippen LogP contribution is -2.52. The summed E-state index contributed by atoms with van der Waals surface area (Å²) in [6.07, 6.45) is -3.97.